The monoisotopic (exact) mass is 258 g/mol. The maximum absolute atomic E-state index is 5.57. The van der Waals surface area contributed by atoms with Crippen molar-refractivity contribution in [2.24, 2.45) is 5.92 Å². The second kappa shape index (κ2) is 9.73. The average molecular weight is 258 g/mol. The van der Waals surface area contributed by atoms with Crippen LogP contribution in [0.3, 0.4) is 0 Å². The van der Waals surface area contributed by atoms with Crippen molar-refractivity contribution in [1.29, 1.82) is 0 Å². The minimum absolute atomic E-state index is 0.532. The fraction of sp³-hybridized carbons (Fsp3) is 1.00. The summed E-state index contributed by atoms with van der Waals surface area (Å²) in [5.41, 5.74) is 0. The van der Waals surface area contributed by atoms with Gasteiger partial charge in [0.2, 0.25) is 0 Å². The lowest BCUT2D eigenvalue weighted by Crippen LogP contribution is -2.39. The number of hydrogen-bond donors (Lipinski definition) is 2. The highest BCUT2D eigenvalue weighted by Gasteiger charge is 2.28. The third-order valence-corrected chi connectivity index (χ3v) is 3.57. The molecule has 2 N–H and O–H groups in total. The Morgan fingerprint density at radius 1 is 1.28 bits per heavy atom. The van der Waals surface area contributed by atoms with Crippen molar-refractivity contribution in [3.8, 4) is 0 Å². The zero-order valence-electron chi connectivity index (χ0n) is 12.2. The lowest BCUT2D eigenvalue weighted by Gasteiger charge is -2.35. The highest BCUT2D eigenvalue weighted by molar-refractivity contribution is 4.81. The lowest BCUT2D eigenvalue weighted by atomic mass is 9.80. The predicted octanol–water partition coefficient (Wildman–Crippen LogP) is 1.41. The molecule has 0 heterocycles. The summed E-state index contributed by atoms with van der Waals surface area (Å²) >= 11 is 0. The first-order valence-electron chi connectivity index (χ1n) is 7.30. The van der Waals surface area contributed by atoms with Gasteiger partial charge in [-0.3, -0.25) is 0 Å². The molecule has 18 heavy (non-hydrogen) atoms. The van der Waals surface area contributed by atoms with Gasteiger partial charge >= 0.3 is 0 Å². The number of nitrogens with one attached hydrogen (secondary N) is 2. The van der Waals surface area contributed by atoms with Crippen molar-refractivity contribution in [2.45, 2.75) is 45.3 Å². The molecule has 0 radical (unpaired) electrons. The standard InChI is InChI=1S/C14H30N2O2/c1-4-18-14-9-13(10-14)5-6-16-12(2)11-15-7-8-17-3/h12-16H,4-11H2,1-3H3. The van der Waals surface area contributed by atoms with Crippen LogP contribution in [0, 0.1) is 5.92 Å². The summed E-state index contributed by atoms with van der Waals surface area (Å²) in [6.07, 6.45) is 4.35. The van der Waals surface area contributed by atoms with Gasteiger partial charge in [-0.05, 0) is 45.6 Å². The van der Waals surface area contributed by atoms with Crippen molar-refractivity contribution in [3.05, 3.63) is 0 Å². The summed E-state index contributed by atoms with van der Waals surface area (Å²) in [6, 6.07) is 0.532. The minimum Gasteiger partial charge on any atom is -0.383 e. The van der Waals surface area contributed by atoms with Crippen LogP contribution in [0.15, 0.2) is 0 Å². The van der Waals surface area contributed by atoms with Crippen molar-refractivity contribution >= 4 is 0 Å². The Morgan fingerprint density at radius 2 is 2.06 bits per heavy atom. The molecule has 4 nitrogen and oxygen atoms in total. The fourth-order valence-electron chi connectivity index (χ4n) is 2.38. The van der Waals surface area contributed by atoms with Gasteiger partial charge < -0.3 is 20.1 Å². The van der Waals surface area contributed by atoms with Gasteiger partial charge in [-0.25, -0.2) is 0 Å². The molecule has 0 aromatic carbocycles. The Kier molecular flexibility index (Phi) is 8.59. The van der Waals surface area contributed by atoms with Crippen LogP contribution in [-0.2, 0) is 9.47 Å². The van der Waals surface area contributed by atoms with Crippen LogP contribution < -0.4 is 10.6 Å². The van der Waals surface area contributed by atoms with Gasteiger partial charge in [-0.1, -0.05) is 0 Å². The molecule has 1 aliphatic carbocycles. The highest BCUT2D eigenvalue weighted by Crippen LogP contribution is 2.32. The normalized spacial score (nSPS) is 24.8. The van der Waals surface area contributed by atoms with Crippen LogP contribution in [0.25, 0.3) is 0 Å². The molecule has 108 valence electrons. The fourth-order valence-corrected chi connectivity index (χ4v) is 2.38. The zero-order chi connectivity index (χ0) is 13.2. The van der Waals surface area contributed by atoms with E-state index in [0.29, 0.717) is 12.1 Å². The molecule has 1 rings (SSSR count). The van der Waals surface area contributed by atoms with Crippen LogP contribution in [-0.4, -0.2) is 52.1 Å². The van der Waals surface area contributed by atoms with Gasteiger partial charge in [0.25, 0.3) is 0 Å². The summed E-state index contributed by atoms with van der Waals surface area (Å²) in [5.74, 6) is 0.878. The quantitative estimate of drug-likeness (QED) is 0.550. The number of hydrogen-bond acceptors (Lipinski definition) is 4. The van der Waals surface area contributed by atoms with E-state index >= 15 is 0 Å². The topological polar surface area (TPSA) is 42.5 Å². The summed E-state index contributed by atoms with van der Waals surface area (Å²) in [6.45, 7) is 9.01. The zero-order valence-corrected chi connectivity index (χ0v) is 12.2. The maximum atomic E-state index is 5.57. The van der Waals surface area contributed by atoms with E-state index in [-0.39, 0.29) is 0 Å². The molecule has 0 aromatic heterocycles. The van der Waals surface area contributed by atoms with Crippen LogP contribution in [0.2, 0.25) is 0 Å². The average Bonchev–Trinajstić information content (AvgIpc) is 2.31. The van der Waals surface area contributed by atoms with E-state index in [9.17, 15) is 0 Å². The second-order valence-corrected chi connectivity index (χ2v) is 5.26. The van der Waals surface area contributed by atoms with E-state index < -0.39 is 0 Å². The molecule has 0 aromatic rings. The van der Waals surface area contributed by atoms with Crippen LogP contribution >= 0.6 is 0 Å². The first-order valence-corrected chi connectivity index (χ1v) is 7.30. The maximum Gasteiger partial charge on any atom is 0.0587 e. The Morgan fingerprint density at radius 3 is 2.72 bits per heavy atom. The number of ether oxygens (including phenoxy) is 2. The van der Waals surface area contributed by atoms with Gasteiger partial charge in [-0.2, -0.15) is 0 Å². The van der Waals surface area contributed by atoms with Gasteiger partial charge in [0.1, 0.15) is 0 Å². The molecule has 1 aliphatic rings. The van der Waals surface area contributed by atoms with E-state index in [2.05, 4.69) is 24.5 Å². The Bertz CT molecular complexity index is 196. The summed E-state index contributed by atoms with van der Waals surface area (Å²) in [7, 11) is 1.73. The van der Waals surface area contributed by atoms with Gasteiger partial charge in [-0.15, -0.1) is 0 Å². The lowest BCUT2D eigenvalue weighted by molar-refractivity contribution is -0.0264. The van der Waals surface area contributed by atoms with Crippen molar-refractivity contribution in [1.82, 2.24) is 10.6 Å². The summed E-state index contributed by atoms with van der Waals surface area (Å²) < 4.78 is 10.6. The second-order valence-electron chi connectivity index (χ2n) is 5.26. The van der Waals surface area contributed by atoms with Crippen LogP contribution in [0.1, 0.15) is 33.1 Å². The van der Waals surface area contributed by atoms with E-state index in [1.165, 1.54) is 19.3 Å². The van der Waals surface area contributed by atoms with E-state index in [0.717, 1.165) is 38.8 Å². The highest BCUT2D eigenvalue weighted by atomic mass is 16.5. The Labute approximate surface area is 112 Å². The van der Waals surface area contributed by atoms with E-state index in [1.807, 2.05) is 0 Å². The van der Waals surface area contributed by atoms with E-state index in [1.54, 1.807) is 7.11 Å². The molecule has 1 saturated carbocycles. The molecule has 0 amide bonds. The first-order chi connectivity index (χ1) is 8.76. The molecule has 0 aliphatic heterocycles. The van der Waals surface area contributed by atoms with Gasteiger partial charge in [0.15, 0.2) is 0 Å². The number of rotatable bonds is 11. The van der Waals surface area contributed by atoms with Crippen LogP contribution in [0.5, 0.6) is 0 Å². The summed E-state index contributed by atoms with van der Waals surface area (Å²) in [5, 5.41) is 6.93. The predicted molar refractivity (Wildman–Crippen MR) is 75.0 cm³/mol. The van der Waals surface area contributed by atoms with Gasteiger partial charge in [0.05, 0.1) is 12.7 Å². The molecule has 1 atom stereocenters. The van der Waals surface area contributed by atoms with Gasteiger partial charge in [0, 0.05) is 32.8 Å². The third kappa shape index (κ3) is 6.69. The largest absolute Gasteiger partial charge is 0.383 e. The third-order valence-electron chi connectivity index (χ3n) is 3.57. The first kappa shape index (κ1) is 15.9. The Balaban J connectivity index is 1.86. The molecule has 0 bridgehead atoms. The van der Waals surface area contributed by atoms with Crippen molar-refractivity contribution in [3.63, 3.8) is 0 Å². The molecule has 4 heteroatoms. The molecule has 1 unspecified atom stereocenters. The van der Waals surface area contributed by atoms with Crippen molar-refractivity contribution < 1.29 is 9.47 Å². The molecular formula is C14H30N2O2. The molecular weight excluding hydrogens is 228 g/mol. The molecule has 0 saturated heterocycles. The van der Waals surface area contributed by atoms with Crippen molar-refractivity contribution in [2.75, 3.05) is 40.0 Å². The van der Waals surface area contributed by atoms with Crippen LogP contribution in [0.4, 0.5) is 0 Å². The molecule has 1 fully saturated rings. The van der Waals surface area contributed by atoms with E-state index in [4.69, 9.17) is 9.47 Å². The summed E-state index contributed by atoms with van der Waals surface area (Å²) in [4.78, 5) is 0. The number of methoxy groups -OCH3 is 1. The molecule has 0 spiro atoms. The SMILES string of the molecule is CCOC1CC(CCNC(C)CNCCOC)C1. The smallest absolute Gasteiger partial charge is 0.0587 e. The Hall–Kier alpha value is -0.160. The minimum atomic E-state index is 0.532.